The smallest absolute Gasteiger partial charge is 0.472 e. The van der Waals surface area contributed by atoms with Gasteiger partial charge in [0.2, 0.25) is 5.91 Å². The third-order valence-corrected chi connectivity index (χ3v) is 10.6. The van der Waals surface area contributed by atoms with Gasteiger partial charge in [0.15, 0.2) is 6.04 Å². The first kappa shape index (κ1) is 51.5. The van der Waals surface area contributed by atoms with Crippen molar-refractivity contribution in [3.8, 4) is 0 Å². The highest BCUT2D eigenvalue weighted by Gasteiger charge is 2.28. The predicted molar refractivity (Wildman–Crippen MR) is 213 cm³/mol. The zero-order chi connectivity index (χ0) is 39.3. The molecule has 0 heterocycles. The van der Waals surface area contributed by atoms with Crippen LogP contribution in [0, 0.1) is 0 Å². The molecule has 0 rings (SSSR count). The summed E-state index contributed by atoms with van der Waals surface area (Å²) < 4.78 is 26.7. The van der Waals surface area contributed by atoms with Crippen molar-refractivity contribution in [1.82, 2.24) is 5.32 Å². The van der Waals surface area contributed by atoms with E-state index in [1.165, 1.54) is 135 Å². The minimum Gasteiger partial charge on any atom is -0.480 e. The average Bonchev–Trinajstić information content (AvgIpc) is 3.13. The lowest BCUT2D eigenvalue weighted by Gasteiger charge is -2.18. The predicted octanol–water partition coefficient (Wildman–Crippen LogP) is 10.7. The molecule has 0 aromatic rings. The Morgan fingerprint density at radius 1 is 0.528 bits per heavy atom. The van der Waals surface area contributed by atoms with Gasteiger partial charge < -0.3 is 25.2 Å². The first-order chi connectivity index (χ1) is 25.6. The van der Waals surface area contributed by atoms with Crippen molar-refractivity contribution in [1.29, 1.82) is 0 Å². The van der Waals surface area contributed by atoms with E-state index < -0.39 is 57.6 Å². The molecule has 3 unspecified atom stereocenters. The first-order valence-electron chi connectivity index (χ1n) is 21.6. The fourth-order valence-corrected chi connectivity index (χ4v) is 7.03. The van der Waals surface area contributed by atoms with Crippen LogP contribution in [0.4, 0.5) is 0 Å². The van der Waals surface area contributed by atoms with Gasteiger partial charge in [-0.3, -0.25) is 18.6 Å². The minimum absolute atomic E-state index is 0.153. The Labute approximate surface area is 323 Å². The van der Waals surface area contributed by atoms with Gasteiger partial charge in [0.25, 0.3) is 0 Å². The van der Waals surface area contributed by atoms with Gasteiger partial charge in [-0.25, -0.2) is 9.36 Å². The SMILES string of the molecule is CCCCCCCCCCCCCCCCCCCCCCC(=O)NC(COP(=O)(O)OCC(O)COC(=O)CCCCCCCCCCC)C(=O)O. The normalized spacial score (nSPS) is 13.7. The van der Waals surface area contributed by atoms with Crippen molar-refractivity contribution < 1.29 is 47.8 Å². The molecule has 1 amide bonds. The summed E-state index contributed by atoms with van der Waals surface area (Å²) in [7, 11) is -4.74. The van der Waals surface area contributed by atoms with Gasteiger partial charge in [-0.1, -0.05) is 187 Å². The summed E-state index contributed by atoms with van der Waals surface area (Å²) in [5.74, 6) is -2.36. The largest absolute Gasteiger partial charge is 0.480 e. The highest BCUT2D eigenvalue weighted by molar-refractivity contribution is 7.47. The molecule has 0 saturated carbocycles. The number of aliphatic hydroxyl groups is 1. The van der Waals surface area contributed by atoms with Crippen LogP contribution in [-0.4, -0.2) is 64.9 Å². The summed E-state index contributed by atoms with van der Waals surface area (Å²) in [6.45, 7) is 2.58. The van der Waals surface area contributed by atoms with Gasteiger partial charge in [-0.2, -0.15) is 0 Å². The van der Waals surface area contributed by atoms with E-state index in [1.54, 1.807) is 0 Å². The van der Waals surface area contributed by atoms with Crippen molar-refractivity contribution >= 4 is 25.7 Å². The Kier molecular flexibility index (Phi) is 36.3. The summed E-state index contributed by atoms with van der Waals surface area (Å²) in [6, 6.07) is -1.54. The maximum absolute atomic E-state index is 12.3. The molecule has 314 valence electrons. The monoisotopic (exact) mass is 778 g/mol. The molecule has 0 saturated heterocycles. The third-order valence-electron chi connectivity index (χ3n) is 9.65. The number of carboxylic acids is 1. The van der Waals surface area contributed by atoms with Crippen LogP contribution in [-0.2, 0) is 32.7 Å². The number of hydrogen-bond donors (Lipinski definition) is 4. The minimum atomic E-state index is -4.74. The molecule has 0 aliphatic rings. The number of carboxylic acid groups (broad SMARTS) is 1. The van der Waals surface area contributed by atoms with Crippen molar-refractivity contribution in [2.75, 3.05) is 19.8 Å². The van der Waals surface area contributed by atoms with E-state index in [1.807, 2.05) is 0 Å². The quantitative estimate of drug-likeness (QED) is 0.0266. The molecule has 53 heavy (non-hydrogen) atoms. The summed E-state index contributed by atoms with van der Waals surface area (Å²) in [4.78, 5) is 45.8. The number of hydrogen-bond acceptors (Lipinski definition) is 8. The standard InChI is InChI=1S/C41H80NO10P/c1-3-5-7-9-11-13-14-15-16-17-18-19-20-21-22-23-25-26-28-30-32-39(44)42-38(41(46)47)36-52-53(48,49)51-35-37(43)34-50-40(45)33-31-29-27-24-12-10-8-6-4-2/h37-38,43H,3-36H2,1-2H3,(H,42,44)(H,46,47)(H,48,49). The van der Waals surface area contributed by atoms with Crippen LogP contribution in [0.2, 0.25) is 0 Å². The Morgan fingerprint density at radius 3 is 1.25 bits per heavy atom. The van der Waals surface area contributed by atoms with Crippen LogP contribution in [0.3, 0.4) is 0 Å². The fraction of sp³-hybridized carbons (Fsp3) is 0.927. The van der Waals surface area contributed by atoms with Gasteiger partial charge in [-0.05, 0) is 12.8 Å². The summed E-state index contributed by atoms with van der Waals surface area (Å²) >= 11 is 0. The van der Waals surface area contributed by atoms with Crippen LogP contribution in [0.15, 0.2) is 0 Å². The number of aliphatic hydroxyl groups excluding tert-OH is 1. The first-order valence-corrected chi connectivity index (χ1v) is 23.1. The van der Waals surface area contributed by atoms with E-state index in [0.717, 1.165) is 38.5 Å². The molecule has 11 nitrogen and oxygen atoms in total. The molecule has 4 N–H and O–H groups in total. The molecular formula is C41H80NO10P. The number of nitrogens with one attached hydrogen (secondary N) is 1. The lowest BCUT2D eigenvalue weighted by molar-refractivity contribution is -0.147. The maximum Gasteiger partial charge on any atom is 0.472 e. The second-order valence-electron chi connectivity index (χ2n) is 14.9. The van der Waals surface area contributed by atoms with Gasteiger partial charge in [0, 0.05) is 12.8 Å². The molecular weight excluding hydrogens is 697 g/mol. The highest BCUT2D eigenvalue weighted by atomic mass is 31.2. The van der Waals surface area contributed by atoms with E-state index in [2.05, 4.69) is 19.2 Å². The number of carbonyl (C=O) groups excluding carboxylic acids is 2. The van der Waals surface area contributed by atoms with Gasteiger partial charge in [-0.15, -0.1) is 0 Å². The molecule has 0 spiro atoms. The van der Waals surface area contributed by atoms with Crippen LogP contribution in [0.1, 0.15) is 213 Å². The second kappa shape index (κ2) is 37.4. The zero-order valence-electron chi connectivity index (χ0n) is 33.8. The number of phosphoric acid groups is 1. The van der Waals surface area contributed by atoms with Crippen LogP contribution in [0.5, 0.6) is 0 Å². The van der Waals surface area contributed by atoms with E-state index in [0.29, 0.717) is 12.8 Å². The molecule has 0 aromatic heterocycles. The summed E-state index contributed by atoms with van der Waals surface area (Å²) in [5.41, 5.74) is 0. The number of ether oxygens (including phenoxy) is 1. The van der Waals surface area contributed by atoms with Gasteiger partial charge in [0.1, 0.15) is 12.7 Å². The van der Waals surface area contributed by atoms with Crippen molar-refractivity contribution in [3.05, 3.63) is 0 Å². The Balaban J connectivity index is 3.84. The molecule has 3 atom stereocenters. The summed E-state index contributed by atoms with van der Waals surface area (Å²) in [6.07, 6.45) is 34.3. The molecule has 0 radical (unpaired) electrons. The molecule has 0 fully saturated rings. The van der Waals surface area contributed by atoms with Crippen molar-refractivity contribution in [2.45, 2.75) is 225 Å². The zero-order valence-corrected chi connectivity index (χ0v) is 34.7. The lowest BCUT2D eigenvalue weighted by atomic mass is 10.0. The Morgan fingerprint density at radius 2 is 0.868 bits per heavy atom. The van der Waals surface area contributed by atoms with E-state index >= 15 is 0 Å². The molecule has 0 aliphatic heterocycles. The van der Waals surface area contributed by atoms with Crippen LogP contribution < -0.4 is 5.32 Å². The average molecular weight is 778 g/mol. The number of carbonyl (C=O) groups is 3. The van der Waals surface area contributed by atoms with Crippen molar-refractivity contribution in [3.63, 3.8) is 0 Å². The van der Waals surface area contributed by atoms with Crippen LogP contribution >= 0.6 is 7.82 Å². The topological polar surface area (TPSA) is 169 Å². The molecule has 0 bridgehead atoms. The van der Waals surface area contributed by atoms with Crippen LogP contribution in [0.25, 0.3) is 0 Å². The molecule has 0 aliphatic carbocycles. The number of aliphatic carboxylic acids is 1. The molecule has 0 aromatic carbocycles. The Bertz CT molecular complexity index is 921. The number of phosphoric ester groups is 1. The summed E-state index contributed by atoms with van der Waals surface area (Å²) in [5, 5.41) is 21.8. The van der Waals surface area contributed by atoms with Gasteiger partial charge in [0.05, 0.1) is 13.2 Å². The number of unbranched alkanes of at least 4 members (excludes halogenated alkanes) is 27. The van der Waals surface area contributed by atoms with E-state index in [-0.39, 0.29) is 12.8 Å². The van der Waals surface area contributed by atoms with Crippen molar-refractivity contribution in [2.24, 2.45) is 0 Å². The second-order valence-corrected chi connectivity index (χ2v) is 16.4. The highest BCUT2D eigenvalue weighted by Crippen LogP contribution is 2.43. The number of amides is 1. The fourth-order valence-electron chi connectivity index (χ4n) is 6.26. The van der Waals surface area contributed by atoms with E-state index in [4.69, 9.17) is 13.8 Å². The lowest BCUT2D eigenvalue weighted by Crippen LogP contribution is -2.43. The number of rotatable bonds is 41. The maximum atomic E-state index is 12.3. The number of esters is 1. The van der Waals surface area contributed by atoms with E-state index in [9.17, 15) is 34.1 Å². The Hall–Kier alpha value is -1.52. The third kappa shape index (κ3) is 37.2. The molecule has 12 heteroatoms. The van der Waals surface area contributed by atoms with Gasteiger partial charge >= 0.3 is 19.8 Å².